The summed E-state index contributed by atoms with van der Waals surface area (Å²) in [5.41, 5.74) is 2.88. The van der Waals surface area contributed by atoms with Gasteiger partial charge in [0.2, 0.25) is 10.0 Å². The van der Waals surface area contributed by atoms with Crippen molar-refractivity contribution in [2.45, 2.75) is 38.5 Å². The molecule has 0 unspecified atom stereocenters. The minimum atomic E-state index is -3.47. The SMILES string of the molecule is O=C(NCCS(=O)(=O)N1CCc2ccccc21)Nc1nc2c(s1)CCCCC2. The van der Waals surface area contributed by atoms with Gasteiger partial charge in [0.25, 0.3) is 0 Å². The number of sulfonamides is 1. The third kappa shape index (κ3) is 4.15. The van der Waals surface area contributed by atoms with E-state index in [1.165, 1.54) is 26.9 Å². The van der Waals surface area contributed by atoms with Crippen molar-refractivity contribution < 1.29 is 13.2 Å². The summed E-state index contributed by atoms with van der Waals surface area (Å²) in [6.45, 7) is 0.510. The van der Waals surface area contributed by atoms with Gasteiger partial charge in [0.05, 0.1) is 17.1 Å². The molecule has 4 rings (SSSR count). The number of aromatic nitrogens is 1. The standard InChI is InChI=1S/C19H24N4O3S2/c24-18(22-19-21-15-7-2-1-3-9-17(15)27-19)20-11-13-28(25,26)23-12-10-14-6-4-5-8-16(14)23/h4-6,8H,1-3,7,9-13H2,(H2,20,21,22,24). The lowest BCUT2D eigenvalue weighted by Crippen LogP contribution is -2.38. The van der Waals surface area contributed by atoms with Crippen molar-refractivity contribution in [1.29, 1.82) is 0 Å². The smallest absolute Gasteiger partial charge is 0.321 e. The van der Waals surface area contributed by atoms with Gasteiger partial charge in [0.1, 0.15) is 0 Å². The maximum absolute atomic E-state index is 12.6. The average Bonchev–Trinajstić information content (AvgIpc) is 3.20. The summed E-state index contributed by atoms with van der Waals surface area (Å²) in [6.07, 6.45) is 6.23. The van der Waals surface area contributed by atoms with Crippen LogP contribution < -0.4 is 14.9 Å². The molecule has 28 heavy (non-hydrogen) atoms. The van der Waals surface area contributed by atoms with Crippen LogP contribution in [0.1, 0.15) is 35.4 Å². The molecular weight excluding hydrogens is 396 g/mol. The molecule has 0 saturated heterocycles. The summed E-state index contributed by atoms with van der Waals surface area (Å²) in [7, 11) is -3.47. The van der Waals surface area contributed by atoms with Crippen molar-refractivity contribution in [3.8, 4) is 0 Å². The number of para-hydroxylation sites is 1. The number of aryl methyl sites for hydroxylation is 2. The van der Waals surface area contributed by atoms with Crippen molar-refractivity contribution in [1.82, 2.24) is 10.3 Å². The summed E-state index contributed by atoms with van der Waals surface area (Å²) in [6, 6.07) is 7.12. The zero-order chi connectivity index (χ0) is 19.6. The van der Waals surface area contributed by atoms with Crippen LogP contribution in [0.4, 0.5) is 15.6 Å². The Hall–Kier alpha value is -2.13. The summed E-state index contributed by atoms with van der Waals surface area (Å²) in [4.78, 5) is 17.9. The molecule has 0 fully saturated rings. The van der Waals surface area contributed by atoms with Crippen LogP contribution in [0.15, 0.2) is 24.3 Å². The highest BCUT2D eigenvalue weighted by Gasteiger charge is 2.28. The Labute approximate surface area is 169 Å². The van der Waals surface area contributed by atoms with E-state index in [0.29, 0.717) is 11.7 Å². The maximum atomic E-state index is 12.6. The fourth-order valence-electron chi connectivity index (χ4n) is 3.72. The number of nitrogens with zero attached hydrogens (tertiary/aromatic N) is 2. The number of hydrogen-bond acceptors (Lipinski definition) is 5. The first-order valence-electron chi connectivity index (χ1n) is 9.65. The lowest BCUT2D eigenvalue weighted by molar-refractivity contribution is 0.252. The molecule has 1 aromatic carbocycles. The molecule has 7 nitrogen and oxygen atoms in total. The quantitative estimate of drug-likeness (QED) is 0.728. The molecule has 0 atom stereocenters. The average molecular weight is 421 g/mol. The highest BCUT2D eigenvalue weighted by atomic mass is 32.2. The van der Waals surface area contributed by atoms with E-state index in [9.17, 15) is 13.2 Å². The second-order valence-electron chi connectivity index (χ2n) is 7.10. The number of thiazole rings is 1. The Morgan fingerprint density at radius 1 is 1.14 bits per heavy atom. The lowest BCUT2D eigenvalue weighted by atomic mass is 10.2. The van der Waals surface area contributed by atoms with Crippen molar-refractivity contribution in [3.63, 3.8) is 0 Å². The van der Waals surface area contributed by atoms with Crippen molar-refractivity contribution in [3.05, 3.63) is 40.4 Å². The van der Waals surface area contributed by atoms with E-state index in [-0.39, 0.29) is 12.3 Å². The fraction of sp³-hybridized carbons (Fsp3) is 0.474. The zero-order valence-electron chi connectivity index (χ0n) is 15.6. The molecule has 2 aromatic rings. The van der Waals surface area contributed by atoms with Gasteiger partial charge >= 0.3 is 6.03 Å². The number of carbonyl (C=O) groups is 1. The van der Waals surface area contributed by atoms with Crippen LogP contribution >= 0.6 is 11.3 Å². The molecule has 2 N–H and O–H groups in total. The number of anilines is 2. The maximum Gasteiger partial charge on any atom is 0.321 e. The number of rotatable bonds is 5. The number of hydrogen-bond donors (Lipinski definition) is 2. The largest absolute Gasteiger partial charge is 0.337 e. The van der Waals surface area contributed by atoms with Crippen LogP contribution in [0.2, 0.25) is 0 Å². The fourth-order valence-corrected chi connectivity index (χ4v) is 6.20. The molecule has 0 radical (unpaired) electrons. The first kappa shape index (κ1) is 19.2. The minimum absolute atomic E-state index is 0.0535. The number of carbonyl (C=O) groups excluding carboxylic acids is 1. The Balaban J connectivity index is 1.30. The molecule has 9 heteroatoms. The topological polar surface area (TPSA) is 91.4 Å². The second-order valence-corrected chi connectivity index (χ2v) is 10.2. The van der Waals surface area contributed by atoms with E-state index < -0.39 is 16.1 Å². The van der Waals surface area contributed by atoms with Gasteiger partial charge in [-0.05, 0) is 43.7 Å². The Bertz CT molecular complexity index is 948. The number of benzene rings is 1. The minimum Gasteiger partial charge on any atom is -0.337 e. The lowest BCUT2D eigenvalue weighted by Gasteiger charge is -2.19. The van der Waals surface area contributed by atoms with Gasteiger partial charge < -0.3 is 5.32 Å². The summed E-state index contributed by atoms with van der Waals surface area (Å²) >= 11 is 1.52. The third-order valence-electron chi connectivity index (χ3n) is 5.14. The van der Waals surface area contributed by atoms with Gasteiger partial charge in [-0.25, -0.2) is 18.2 Å². The molecule has 0 bridgehead atoms. The van der Waals surface area contributed by atoms with Gasteiger partial charge in [0.15, 0.2) is 5.13 Å². The molecule has 2 amide bonds. The van der Waals surface area contributed by atoms with Gasteiger partial charge in [0, 0.05) is 18.0 Å². The van der Waals surface area contributed by atoms with Crippen LogP contribution in [-0.2, 0) is 29.3 Å². The van der Waals surface area contributed by atoms with E-state index in [1.807, 2.05) is 24.3 Å². The first-order chi connectivity index (χ1) is 13.5. The van der Waals surface area contributed by atoms with E-state index in [2.05, 4.69) is 15.6 Å². The normalized spacial score (nSPS) is 16.2. The molecule has 1 aliphatic carbocycles. The Morgan fingerprint density at radius 3 is 2.86 bits per heavy atom. The molecule has 0 spiro atoms. The summed E-state index contributed by atoms with van der Waals surface area (Å²) < 4.78 is 26.7. The van der Waals surface area contributed by atoms with Gasteiger partial charge in [-0.3, -0.25) is 9.62 Å². The van der Waals surface area contributed by atoms with Gasteiger partial charge in [-0.1, -0.05) is 24.6 Å². The predicted molar refractivity (Wildman–Crippen MR) is 112 cm³/mol. The van der Waals surface area contributed by atoms with Crippen LogP contribution in [0.3, 0.4) is 0 Å². The van der Waals surface area contributed by atoms with Crippen molar-refractivity contribution >= 4 is 38.2 Å². The molecule has 1 aromatic heterocycles. The monoisotopic (exact) mass is 420 g/mol. The van der Waals surface area contributed by atoms with Crippen LogP contribution in [0, 0.1) is 0 Å². The van der Waals surface area contributed by atoms with Crippen LogP contribution in [-0.4, -0.2) is 38.3 Å². The first-order valence-corrected chi connectivity index (χ1v) is 12.1. The highest BCUT2D eigenvalue weighted by molar-refractivity contribution is 7.92. The van der Waals surface area contributed by atoms with Gasteiger partial charge in [-0.15, -0.1) is 11.3 Å². The van der Waals surface area contributed by atoms with E-state index >= 15 is 0 Å². The third-order valence-corrected chi connectivity index (χ3v) is 7.99. The number of nitrogens with one attached hydrogen (secondary N) is 2. The molecule has 2 aliphatic rings. The highest BCUT2D eigenvalue weighted by Crippen LogP contribution is 2.30. The molecule has 2 heterocycles. The number of fused-ring (bicyclic) bond motifs is 2. The molecule has 0 saturated carbocycles. The molecule has 150 valence electrons. The number of amides is 2. The van der Waals surface area contributed by atoms with Crippen LogP contribution in [0.25, 0.3) is 0 Å². The Morgan fingerprint density at radius 2 is 1.96 bits per heavy atom. The van der Waals surface area contributed by atoms with E-state index in [0.717, 1.165) is 49.0 Å². The van der Waals surface area contributed by atoms with E-state index in [4.69, 9.17) is 0 Å². The van der Waals surface area contributed by atoms with Crippen molar-refractivity contribution in [2.24, 2.45) is 0 Å². The van der Waals surface area contributed by atoms with Gasteiger partial charge in [-0.2, -0.15) is 0 Å². The number of urea groups is 1. The predicted octanol–water partition coefficient (Wildman–Crippen LogP) is 2.93. The van der Waals surface area contributed by atoms with Crippen LogP contribution in [0.5, 0.6) is 0 Å². The summed E-state index contributed by atoms with van der Waals surface area (Å²) in [5, 5.41) is 5.96. The second kappa shape index (κ2) is 8.08. The van der Waals surface area contributed by atoms with Crippen molar-refractivity contribution in [2.75, 3.05) is 28.5 Å². The molecular formula is C19H24N4O3S2. The van der Waals surface area contributed by atoms with E-state index in [1.54, 1.807) is 0 Å². The summed E-state index contributed by atoms with van der Waals surface area (Å²) in [5.74, 6) is -0.136. The zero-order valence-corrected chi connectivity index (χ0v) is 17.2. The Kier molecular flexibility index (Phi) is 5.54. The molecule has 1 aliphatic heterocycles.